The van der Waals surface area contributed by atoms with Crippen LogP contribution >= 0.6 is 0 Å². The summed E-state index contributed by atoms with van der Waals surface area (Å²) in [4.78, 5) is 15.3. The Morgan fingerprint density at radius 3 is 1.96 bits per heavy atom. The zero-order chi connectivity index (χ0) is 18.8. The maximum absolute atomic E-state index is 11.9. The van der Waals surface area contributed by atoms with Gasteiger partial charge in [0.25, 0.3) is 0 Å². The van der Waals surface area contributed by atoms with Crippen molar-refractivity contribution in [1.82, 2.24) is 0 Å². The molecule has 0 spiro atoms. The monoisotopic (exact) mass is 376 g/mol. The van der Waals surface area contributed by atoms with Crippen LogP contribution in [0.15, 0.2) is 83.8 Å². The fourth-order valence-electron chi connectivity index (χ4n) is 3.47. The number of hydrogen-bond donors (Lipinski definition) is 1. The smallest absolute Gasteiger partial charge is 0.189 e. The highest BCUT2D eigenvalue weighted by Crippen LogP contribution is 2.36. The number of hydrogen-bond acceptors (Lipinski definition) is 3. The fourth-order valence-corrected chi connectivity index (χ4v) is 5.81. The van der Waals surface area contributed by atoms with Gasteiger partial charge in [0.1, 0.15) is 11.5 Å². The van der Waals surface area contributed by atoms with Crippen molar-refractivity contribution >= 4 is 33.7 Å². The zero-order valence-corrected chi connectivity index (χ0v) is 16.0. The summed E-state index contributed by atoms with van der Waals surface area (Å²) in [6.07, 6.45) is 0.704. The molecule has 1 aliphatic heterocycles. The van der Waals surface area contributed by atoms with Gasteiger partial charge in [-0.25, -0.2) is 0 Å². The number of benzene rings is 3. The van der Waals surface area contributed by atoms with Crippen LogP contribution < -0.4 is 4.90 Å². The van der Waals surface area contributed by atoms with Crippen LogP contribution in [-0.2, 0) is 15.7 Å². The maximum Gasteiger partial charge on any atom is 0.189 e. The van der Waals surface area contributed by atoms with Gasteiger partial charge in [-0.2, -0.15) is 0 Å². The molecule has 3 nitrogen and oxygen atoms in total. The number of para-hydroxylation sites is 1. The van der Waals surface area contributed by atoms with Gasteiger partial charge >= 0.3 is 0 Å². The third-order valence-corrected chi connectivity index (χ3v) is 7.61. The van der Waals surface area contributed by atoms with E-state index in [2.05, 4.69) is 48.2 Å². The van der Waals surface area contributed by atoms with Crippen LogP contribution in [-0.4, -0.2) is 21.9 Å². The Morgan fingerprint density at radius 1 is 0.852 bits per heavy atom. The average molecular weight is 377 g/mol. The largest absolute Gasteiger partial charge is 0.508 e. The number of carbonyl (C=O) groups is 1. The van der Waals surface area contributed by atoms with E-state index in [0.29, 0.717) is 12.2 Å². The van der Waals surface area contributed by atoms with Crippen LogP contribution in [0.3, 0.4) is 0 Å². The molecule has 1 aliphatic rings. The number of phenols is 1. The second-order valence-electron chi connectivity index (χ2n) is 6.67. The molecule has 27 heavy (non-hydrogen) atoms. The first kappa shape index (κ1) is 17.7. The minimum atomic E-state index is 0.0198. The predicted octanol–water partition coefficient (Wildman–Crippen LogP) is 5.20. The quantitative estimate of drug-likeness (QED) is 0.636. The molecule has 3 aromatic rings. The lowest BCUT2D eigenvalue weighted by Gasteiger charge is -2.25. The first-order valence-corrected chi connectivity index (χ1v) is 10.6. The van der Waals surface area contributed by atoms with Crippen LogP contribution in [0.25, 0.3) is 0 Å². The van der Waals surface area contributed by atoms with Gasteiger partial charge in [0.15, 0.2) is 15.9 Å². The van der Waals surface area contributed by atoms with Gasteiger partial charge in [-0.15, -0.1) is 0 Å². The molecule has 4 rings (SSSR count). The highest BCUT2D eigenvalue weighted by atomic mass is 32.2. The van der Waals surface area contributed by atoms with E-state index in [4.69, 9.17) is 0 Å². The number of nitrogens with zero attached hydrogens (tertiary/aromatic N) is 1. The Kier molecular flexibility index (Phi) is 4.90. The van der Waals surface area contributed by atoms with E-state index in [1.807, 2.05) is 30.3 Å². The second kappa shape index (κ2) is 7.49. The van der Waals surface area contributed by atoms with E-state index >= 15 is 0 Å². The molecule has 1 saturated heterocycles. The summed E-state index contributed by atoms with van der Waals surface area (Å²) in [6, 6.07) is 26.0. The van der Waals surface area contributed by atoms with Crippen LogP contribution in [0.1, 0.15) is 13.3 Å². The molecule has 0 radical (unpaired) electrons. The second-order valence-corrected chi connectivity index (χ2v) is 9.12. The Labute approximate surface area is 162 Å². The molecule has 2 unspecified atom stereocenters. The van der Waals surface area contributed by atoms with E-state index in [1.165, 1.54) is 4.90 Å². The average Bonchev–Trinajstić information content (AvgIpc) is 3.04. The Bertz CT molecular complexity index is 923. The molecule has 136 valence electrons. The number of Topliss-reactive ketones (excluding diaryl/α,β-unsaturated/α-hetero) is 1. The van der Waals surface area contributed by atoms with E-state index in [0.717, 1.165) is 22.8 Å². The normalized spacial score (nSPS) is 19.2. The van der Waals surface area contributed by atoms with Crippen molar-refractivity contribution in [3.63, 3.8) is 0 Å². The van der Waals surface area contributed by atoms with Crippen molar-refractivity contribution in [2.75, 3.05) is 10.7 Å². The van der Waals surface area contributed by atoms with Crippen molar-refractivity contribution in [3.05, 3.63) is 78.9 Å². The first-order valence-electron chi connectivity index (χ1n) is 9.10. The molecular formula is C23H22NO2S+. The van der Waals surface area contributed by atoms with E-state index in [1.54, 1.807) is 12.1 Å². The van der Waals surface area contributed by atoms with Crippen molar-refractivity contribution < 1.29 is 9.90 Å². The highest BCUT2D eigenvalue weighted by Gasteiger charge is 2.41. The van der Waals surface area contributed by atoms with Gasteiger partial charge in [-0.3, -0.25) is 4.79 Å². The standard InChI is InChI=1S/C23H21NO2S/c1-17-23(26)15-16-27(17)22-13-9-20(10-14-22)24(18-5-3-2-4-6-18)19-7-11-21(25)12-8-19/h2-14,17H,15-16H2,1H3/p+1. The molecule has 1 heterocycles. The third kappa shape index (κ3) is 3.58. The van der Waals surface area contributed by atoms with Gasteiger partial charge in [0.2, 0.25) is 0 Å². The maximum atomic E-state index is 11.9. The Morgan fingerprint density at radius 2 is 1.41 bits per heavy atom. The molecule has 3 aromatic carbocycles. The molecule has 0 bridgehead atoms. The number of carbonyl (C=O) groups excluding carboxylic acids is 1. The number of aromatic hydroxyl groups is 1. The molecule has 0 aliphatic carbocycles. The third-order valence-electron chi connectivity index (χ3n) is 4.97. The predicted molar refractivity (Wildman–Crippen MR) is 112 cm³/mol. The summed E-state index contributed by atoms with van der Waals surface area (Å²) in [5.41, 5.74) is 3.10. The lowest BCUT2D eigenvalue weighted by Crippen LogP contribution is -2.18. The number of anilines is 3. The van der Waals surface area contributed by atoms with Crippen LogP contribution in [0.2, 0.25) is 0 Å². The summed E-state index contributed by atoms with van der Waals surface area (Å²) in [7, 11) is 0.0198. The van der Waals surface area contributed by atoms with Crippen molar-refractivity contribution in [1.29, 1.82) is 0 Å². The van der Waals surface area contributed by atoms with Gasteiger partial charge in [0.05, 0.1) is 6.42 Å². The summed E-state index contributed by atoms with van der Waals surface area (Å²) in [6.45, 7) is 2.05. The molecule has 0 amide bonds. The molecule has 2 atom stereocenters. The summed E-state index contributed by atoms with van der Waals surface area (Å²) < 4.78 is 0. The van der Waals surface area contributed by atoms with Crippen molar-refractivity contribution in [3.8, 4) is 5.75 Å². The van der Waals surface area contributed by atoms with Crippen LogP contribution in [0, 0.1) is 0 Å². The number of ketones is 1. The van der Waals surface area contributed by atoms with Gasteiger partial charge in [0, 0.05) is 28.0 Å². The van der Waals surface area contributed by atoms with Crippen LogP contribution in [0.5, 0.6) is 5.75 Å². The number of rotatable bonds is 4. The van der Waals surface area contributed by atoms with E-state index in [9.17, 15) is 9.90 Å². The first-order chi connectivity index (χ1) is 13.1. The molecule has 0 aromatic heterocycles. The molecule has 1 N–H and O–H groups in total. The van der Waals surface area contributed by atoms with Crippen LogP contribution in [0.4, 0.5) is 17.1 Å². The Balaban J connectivity index is 1.70. The SMILES string of the molecule is CC1C(=O)CC[S+]1c1ccc(N(c2ccccc2)c2ccc(O)cc2)cc1. The minimum Gasteiger partial charge on any atom is -0.508 e. The molecule has 1 fully saturated rings. The Hall–Kier alpha value is -2.72. The summed E-state index contributed by atoms with van der Waals surface area (Å²) in [5, 5.41) is 9.78. The minimum absolute atomic E-state index is 0.0198. The lowest BCUT2D eigenvalue weighted by atomic mass is 10.2. The number of phenolic OH excluding ortho intramolecular Hbond substituents is 1. The molecular weight excluding hydrogens is 354 g/mol. The summed E-state index contributed by atoms with van der Waals surface area (Å²) in [5.74, 6) is 1.61. The van der Waals surface area contributed by atoms with Gasteiger partial charge < -0.3 is 10.0 Å². The topological polar surface area (TPSA) is 40.5 Å². The van der Waals surface area contributed by atoms with E-state index < -0.39 is 0 Å². The zero-order valence-electron chi connectivity index (χ0n) is 15.2. The molecule has 4 heteroatoms. The van der Waals surface area contributed by atoms with Crippen molar-refractivity contribution in [2.45, 2.75) is 23.5 Å². The fraction of sp³-hybridized carbons (Fsp3) is 0.174. The summed E-state index contributed by atoms with van der Waals surface area (Å²) >= 11 is 0. The lowest BCUT2D eigenvalue weighted by molar-refractivity contribution is -0.117. The van der Waals surface area contributed by atoms with Gasteiger partial charge in [-0.05, 0) is 67.6 Å². The van der Waals surface area contributed by atoms with E-state index in [-0.39, 0.29) is 21.9 Å². The van der Waals surface area contributed by atoms with Crippen molar-refractivity contribution in [2.24, 2.45) is 0 Å². The van der Waals surface area contributed by atoms with Gasteiger partial charge in [-0.1, -0.05) is 18.2 Å². The highest BCUT2D eigenvalue weighted by molar-refractivity contribution is 7.98. The molecule has 0 saturated carbocycles.